The molecular formula is C27H36N4O. The molecule has 0 bridgehead atoms. The number of carbonyl (C=O) groups is 1. The predicted molar refractivity (Wildman–Crippen MR) is 129 cm³/mol. The van der Waals surface area contributed by atoms with Crippen molar-refractivity contribution in [1.82, 2.24) is 9.88 Å². The molecule has 3 aliphatic rings. The Labute approximate surface area is 192 Å². The second-order valence-corrected chi connectivity index (χ2v) is 10.4. The molecule has 1 aromatic carbocycles. The van der Waals surface area contributed by atoms with E-state index < -0.39 is 5.91 Å². The highest BCUT2D eigenvalue weighted by molar-refractivity contribution is 5.97. The van der Waals surface area contributed by atoms with Gasteiger partial charge in [0.1, 0.15) is 5.82 Å². The third kappa shape index (κ3) is 3.61. The molecule has 5 rings (SSSR count). The number of aromatic nitrogens is 1. The molecule has 2 N–H and O–H groups in total. The van der Waals surface area contributed by atoms with Crippen LogP contribution in [-0.2, 0) is 0 Å². The molecule has 5 nitrogen and oxygen atoms in total. The van der Waals surface area contributed by atoms with Crippen LogP contribution in [0.1, 0.15) is 79.3 Å². The van der Waals surface area contributed by atoms with Crippen molar-refractivity contribution in [3.8, 4) is 0 Å². The van der Waals surface area contributed by atoms with Crippen molar-refractivity contribution >= 4 is 11.7 Å². The molecule has 32 heavy (non-hydrogen) atoms. The molecule has 3 fully saturated rings. The van der Waals surface area contributed by atoms with Crippen molar-refractivity contribution in [2.75, 3.05) is 31.1 Å². The van der Waals surface area contributed by atoms with E-state index in [1.54, 1.807) is 23.9 Å². The summed E-state index contributed by atoms with van der Waals surface area (Å²) in [6, 6.07) is 13.4. The van der Waals surface area contributed by atoms with Crippen molar-refractivity contribution in [3.63, 3.8) is 0 Å². The van der Waals surface area contributed by atoms with E-state index in [4.69, 9.17) is 5.73 Å². The van der Waals surface area contributed by atoms with E-state index in [9.17, 15) is 4.79 Å². The van der Waals surface area contributed by atoms with E-state index in [1.165, 1.54) is 37.9 Å². The van der Waals surface area contributed by atoms with Crippen molar-refractivity contribution < 1.29 is 4.79 Å². The topological polar surface area (TPSA) is 62.5 Å². The lowest BCUT2D eigenvalue weighted by molar-refractivity contribution is -0.0569. The van der Waals surface area contributed by atoms with Crippen LogP contribution in [0.4, 0.5) is 5.82 Å². The van der Waals surface area contributed by atoms with Crippen molar-refractivity contribution in [2.45, 2.75) is 63.8 Å². The van der Waals surface area contributed by atoms with Gasteiger partial charge >= 0.3 is 0 Å². The number of hydrogen-bond donors (Lipinski definition) is 1. The minimum Gasteiger partial charge on any atom is -0.365 e. The standard InChI is InChI=1S/C27H36N4O/c1-19(2)20-8-3-4-9-21(20)23-18-27(24(23)30-14-5-6-15-30)11-16-31(17-12-27)26-22(25(28)32)10-7-13-29-26/h3-4,7-10,13,19,23-24H,5-6,11-12,14-18H2,1-2H3,(H2,28,32)/t23?,24-/m0/s1. The molecule has 170 valence electrons. The van der Waals surface area contributed by atoms with E-state index in [2.05, 4.69) is 52.9 Å². The van der Waals surface area contributed by atoms with E-state index >= 15 is 0 Å². The summed E-state index contributed by atoms with van der Waals surface area (Å²) >= 11 is 0. The fourth-order valence-corrected chi connectivity index (χ4v) is 6.76. The van der Waals surface area contributed by atoms with Gasteiger partial charge in [0.25, 0.3) is 5.91 Å². The summed E-state index contributed by atoms with van der Waals surface area (Å²) in [6.45, 7) is 9.00. The highest BCUT2D eigenvalue weighted by atomic mass is 16.1. The number of nitrogens with two attached hydrogens (primary N) is 1. The minimum atomic E-state index is -0.391. The Kier molecular flexibility index (Phi) is 5.70. The summed E-state index contributed by atoms with van der Waals surface area (Å²) in [5, 5.41) is 0. The molecule has 2 aliphatic heterocycles. The average Bonchev–Trinajstić information content (AvgIpc) is 3.31. The van der Waals surface area contributed by atoms with Crippen LogP contribution in [0.15, 0.2) is 42.6 Å². The molecule has 2 atom stereocenters. The molecule has 2 saturated heterocycles. The number of rotatable bonds is 5. The van der Waals surface area contributed by atoms with Crippen molar-refractivity contribution in [1.29, 1.82) is 0 Å². The summed E-state index contributed by atoms with van der Waals surface area (Å²) in [5.74, 6) is 1.56. The van der Waals surface area contributed by atoms with Crippen LogP contribution in [0, 0.1) is 5.41 Å². The molecule has 5 heteroatoms. The van der Waals surface area contributed by atoms with Gasteiger partial charge in [0, 0.05) is 31.2 Å². The van der Waals surface area contributed by atoms with E-state index in [0.717, 1.165) is 31.7 Å². The normalized spacial score (nSPS) is 25.3. The van der Waals surface area contributed by atoms with Gasteiger partial charge in [0.2, 0.25) is 0 Å². The number of carbonyl (C=O) groups excluding carboxylic acids is 1. The Bertz CT molecular complexity index is 973. The molecule has 0 radical (unpaired) electrons. The summed E-state index contributed by atoms with van der Waals surface area (Å²) in [6.07, 6.45) is 8.00. The third-order valence-corrected chi connectivity index (χ3v) is 8.30. The summed E-state index contributed by atoms with van der Waals surface area (Å²) in [5.41, 5.74) is 9.64. The number of nitrogens with zero attached hydrogens (tertiary/aromatic N) is 3. The summed E-state index contributed by atoms with van der Waals surface area (Å²) in [4.78, 5) is 21.5. The van der Waals surface area contributed by atoms with Crippen LogP contribution in [0.5, 0.6) is 0 Å². The number of amides is 1. The van der Waals surface area contributed by atoms with Gasteiger partial charge in [-0.15, -0.1) is 0 Å². The molecule has 2 aromatic rings. The van der Waals surface area contributed by atoms with Gasteiger partial charge in [0.05, 0.1) is 5.56 Å². The Balaban J connectivity index is 1.39. The maximum absolute atomic E-state index is 11.9. The molecule has 1 aromatic heterocycles. The maximum Gasteiger partial charge on any atom is 0.252 e. The zero-order valence-corrected chi connectivity index (χ0v) is 19.5. The summed E-state index contributed by atoms with van der Waals surface area (Å²) in [7, 11) is 0. The Morgan fingerprint density at radius 1 is 1.06 bits per heavy atom. The molecular weight excluding hydrogens is 396 g/mol. The fourth-order valence-electron chi connectivity index (χ4n) is 6.76. The first kappa shape index (κ1) is 21.4. The Morgan fingerprint density at radius 3 is 2.47 bits per heavy atom. The molecule has 1 unspecified atom stereocenters. The number of benzene rings is 1. The Hall–Kier alpha value is -2.40. The van der Waals surface area contributed by atoms with E-state index in [-0.39, 0.29) is 0 Å². The summed E-state index contributed by atoms with van der Waals surface area (Å²) < 4.78 is 0. The van der Waals surface area contributed by atoms with Gasteiger partial charge in [-0.05, 0) is 79.8 Å². The fraction of sp³-hybridized carbons (Fsp3) is 0.556. The zero-order chi connectivity index (χ0) is 22.3. The number of anilines is 1. The average molecular weight is 433 g/mol. The van der Waals surface area contributed by atoms with E-state index in [1.807, 2.05) is 0 Å². The Morgan fingerprint density at radius 2 is 1.78 bits per heavy atom. The molecule has 3 heterocycles. The first-order valence-electron chi connectivity index (χ1n) is 12.3. The van der Waals surface area contributed by atoms with Crippen LogP contribution >= 0.6 is 0 Å². The van der Waals surface area contributed by atoms with Gasteiger partial charge in [-0.3, -0.25) is 9.69 Å². The van der Waals surface area contributed by atoms with Crippen LogP contribution < -0.4 is 10.6 Å². The lowest BCUT2D eigenvalue weighted by atomic mass is 9.51. The van der Waals surface area contributed by atoms with Crippen LogP contribution in [-0.4, -0.2) is 48.0 Å². The van der Waals surface area contributed by atoms with Crippen molar-refractivity contribution in [3.05, 3.63) is 59.3 Å². The monoisotopic (exact) mass is 432 g/mol. The number of hydrogen-bond acceptors (Lipinski definition) is 4. The smallest absolute Gasteiger partial charge is 0.252 e. The highest BCUT2D eigenvalue weighted by Gasteiger charge is 2.57. The van der Waals surface area contributed by atoms with Crippen LogP contribution in [0.2, 0.25) is 0 Å². The molecule has 1 aliphatic carbocycles. The number of likely N-dealkylation sites (tertiary alicyclic amines) is 1. The molecule has 1 spiro atoms. The van der Waals surface area contributed by atoms with E-state index in [0.29, 0.717) is 28.9 Å². The first-order valence-corrected chi connectivity index (χ1v) is 12.3. The predicted octanol–water partition coefficient (Wildman–Crippen LogP) is 4.54. The minimum absolute atomic E-state index is 0.372. The quantitative estimate of drug-likeness (QED) is 0.753. The molecule has 1 saturated carbocycles. The SMILES string of the molecule is CC(C)c1ccccc1C1CC2(CCN(c3ncccc3C(N)=O)CC2)[C@H]1N1CCCC1. The second-order valence-electron chi connectivity index (χ2n) is 10.4. The van der Waals surface area contributed by atoms with Crippen LogP contribution in [0.3, 0.4) is 0 Å². The van der Waals surface area contributed by atoms with Gasteiger partial charge in [0.15, 0.2) is 0 Å². The number of primary amides is 1. The van der Waals surface area contributed by atoms with Gasteiger partial charge < -0.3 is 10.6 Å². The highest BCUT2D eigenvalue weighted by Crippen LogP contribution is 2.60. The number of piperidine rings is 1. The first-order chi connectivity index (χ1) is 15.5. The van der Waals surface area contributed by atoms with Crippen LogP contribution in [0.25, 0.3) is 0 Å². The number of pyridine rings is 1. The zero-order valence-electron chi connectivity index (χ0n) is 19.5. The maximum atomic E-state index is 11.9. The molecule has 1 amide bonds. The largest absolute Gasteiger partial charge is 0.365 e. The second kappa shape index (κ2) is 8.51. The third-order valence-electron chi connectivity index (χ3n) is 8.30. The lowest BCUT2D eigenvalue weighted by Gasteiger charge is -2.62. The van der Waals surface area contributed by atoms with Gasteiger partial charge in [-0.1, -0.05) is 38.1 Å². The van der Waals surface area contributed by atoms with Gasteiger partial charge in [-0.25, -0.2) is 4.98 Å². The lowest BCUT2D eigenvalue weighted by Crippen LogP contribution is -2.63. The van der Waals surface area contributed by atoms with Crippen molar-refractivity contribution in [2.24, 2.45) is 11.1 Å². The van der Waals surface area contributed by atoms with Gasteiger partial charge in [-0.2, -0.15) is 0 Å².